The van der Waals surface area contributed by atoms with Crippen LogP contribution in [-0.2, 0) is 6.42 Å². The first-order valence-electron chi connectivity index (χ1n) is 11.6. The van der Waals surface area contributed by atoms with Gasteiger partial charge in [-0.1, -0.05) is 13.0 Å². The summed E-state index contributed by atoms with van der Waals surface area (Å²) in [7, 11) is 0. The van der Waals surface area contributed by atoms with Crippen LogP contribution in [0.25, 0.3) is 21.3 Å². The number of halogens is 2. The number of thiophene rings is 1. The minimum absolute atomic E-state index is 0.0824. The molecule has 0 amide bonds. The van der Waals surface area contributed by atoms with Gasteiger partial charge in [0.25, 0.3) is 0 Å². The highest BCUT2D eigenvalue weighted by molar-refractivity contribution is 7.17. The van der Waals surface area contributed by atoms with Crippen LogP contribution in [-0.4, -0.2) is 34.9 Å². The zero-order valence-corrected chi connectivity index (χ0v) is 20.4. The van der Waals surface area contributed by atoms with Crippen molar-refractivity contribution in [1.82, 2.24) is 9.97 Å². The zero-order chi connectivity index (χ0) is 24.7. The maximum atomic E-state index is 14.8. The summed E-state index contributed by atoms with van der Waals surface area (Å²) in [6, 6.07) is 8.12. The number of ketones is 1. The molecule has 3 aromatic heterocycles. The fourth-order valence-electron chi connectivity index (χ4n) is 4.87. The lowest BCUT2D eigenvalue weighted by Gasteiger charge is -2.37. The van der Waals surface area contributed by atoms with Gasteiger partial charge in [0.05, 0.1) is 15.8 Å². The average Bonchev–Trinajstić information content (AvgIpc) is 3.24. The van der Waals surface area contributed by atoms with Crippen LogP contribution in [0, 0.1) is 24.5 Å². The molecule has 0 unspecified atom stereocenters. The summed E-state index contributed by atoms with van der Waals surface area (Å²) in [4.78, 5) is 24.3. The van der Waals surface area contributed by atoms with E-state index in [2.05, 4.69) is 21.8 Å². The number of hydrogen-bond donors (Lipinski definition) is 1. The number of hydrogen-bond acceptors (Lipinski definition) is 6. The SMILES string of the molecule is Cc1ccc(F)c(-c2csc3ccc(C(=O)Cc4cnccc4N4C[C@H](C)C[C@H](N)C4)nc23)c1F. The minimum atomic E-state index is -0.653. The first-order valence-corrected chi connectivity index (χ1v) is 12.5. The summed E-state index contributed by atoms with van der Waals surface area (Å²) in [5, 5.41) is 1.69. The van der Waals surface area contributed by atoms with E-state index in [0.717, 1.165) is 35.5 Å². The second-order valence-electron chi connectivity index (χ2n) is 9.36. The van der Waals surface area contributed by atoms with E-state index in [1.54, 1.807) is 36.8 Å². The summed E-state index contributed by atoms with van der Waals surface area (Å²) in [5.74, 6) is -0.991. The van der Waals surface area contributed by atoms with Crippen molar-refractivity contribution >= 4 is 33.0 Å². The standard InChI is InChI=1S/C27H26F2N4OS/c1-15-9-18(30)13-33(12-15)22-7-8-31-11-17(22)10-23(34)21-5-6-24-27(32-21)19(14-35-24)25-20(28)4-3-16(2)26(25)29/h3-8,11,14-15,18H,9-10,12-13,30H2,1-2H3/t15-,18+/m1/s1. The summed E-state index contributed by atoms with van der Waals surface area (Å²) in [6.07, 6.45) is 4.53. The molecule has 8 heteroatoms. The summed E-state index contributed by atoms with van der Waals surface area (Å²) in [6.45, 7) is 5.37. The number of benzene rings is 1. The Labute approximate surface area is 206 Å². The number of carbonyl (C=O) groups is 1. The van der Waals surface area contributed by atoms with Gasteiger partial charge >= 0.3 is 0 Å². The molecule has 0 bridgehead atoms. The van der Waals surface area contributed by atoms with Gasteiger partial charge in [-0.15, -0.1) is 11.3 Å². The molecule has 5 rings (SSSR count). The van der Waals surface area contributed by atoms with Gasteiger partial charge in [-0.05, 0) is 49.1 Å². The van der Waals surface area contributed by atoms with E-state index < -0.39 is 11.6 Å². The third-order valence-electron chi connectivity index (χ3n) is 6.52. The second-order valence-corrected chi connectivity index (χ2v) is 10.3. The van der Waals surface area contributed by atoms with Crippen LogP contribution in [0.1, 0.15) is 35.0 Å². The van der Waals surface area contributed by atoms with Crippen molar-refractivity contribution in [3.63, 3.8) is 0 Å². The molecule has 5 nitrogen and oxygen atoms in total. The smallest absolute Gasteiger partial charge is 0.185 e. The van der Waals surface area contributed by atoms with E-state index in [9.17, 15) is 13.6 Å². The Morgan fingerprint density at radius 1 is 1.20 bits per heavy atom. The largest absolute Gasteiger partial charge is 0.369 e. The molecular formula is C27H26F2N4OS. The molecule has 1 saturated heterocycles. The fraction of sp³-hybridized carbons (Fsp3) is 0.296. The third kappa shape index (κ3) is 4.56. The predicted octanol–water partition coefficient (Wildman–Crippen LogP) is 5.54. The fourth-order valence-corrected chi connectivity index (χ4v) is 5.76. The van der Waals surface area contributed by atoms with Gasteiger partial charge in [0.1, 0.15) is 17.3 Å². The number of Topliss-reactive ketones (excluding diaryl/α,β-unsaturated/α-hetero) is 1. The lowest BCUT2D eigenvalue weighted by atomic mass is 9.95. The topological polar surface area (TPSA) is 72.1 Å². The Kier molecular flexibility index (Phi) is 6.34. The van der Waals surface area contributed by atoms with Gasteiger partial charge in [-0.3, -0.25) is 9.78 Å². The average molecular weight is 493 g/mol. The summed E-state index contributed by atoms with van der Waals surface area (Å²) in [5.41, 5.74) is 9.28. The number of fused-ring (bicyclic) bond motifs is 1. The lowest BCUT2D eigenvalue weighted by Crippen LogP contribution is -2.46. The van der Waals surface area contributed by atoms with Crippen LogP contribution in [0.4, 0.5) is 14.5 Å². The van der Waals surface area contributed by atoms with Gasteiger partial charge in [0.2, 0.25) is 0 Å². The molecule has 4 aromatic rings. The summed E-state index contributed by atoms with van der Waals surface area (Å²) < 4.78 is 30.2. The lowest BCUT2D eigenvalue weighted by molar-refractivity contribution is 0.0988. The van der Waals surface area contributed by atoms with Gasteiger partial charge in [-0.2, -0.15) is 0 Å². The van der Waals surface area contributed by atoms with Crippen LogP contribution in [0.15, 0.2) is 48.1 Å². The first kappa shape index (κ1) is 23.5. The van der Waals surface area contributed by atoms with E-state index in [1.807, 2.05) is 6.07 Å². The van der Waals surface area contributed by atoms with Crippen LogP contribution >= 0.6 is 11.3 Å². The van der Waals surface area contributed by atoms with Crippen LogP contribution in [0.3, 0.4) is 0 Å². The number of nitrogens with zero attached hydrogens (tertiary/aromatic N) is 3. The van der Waals surface area contributed by atoms with E-state index in [1.165, 1.54) is 23.5 Å². The third-order valence-corrected chi connectivity index (χ3v) is 7.45. The van der Waals surface area contributed by atoms with Crippen molar-refractivity contribution in [3.05, 3.63) is 76.6 Å². The van der Waals surface area contributed by atoms with E-state index >= 15 is 0 Å². The Morgan fingerprint density at radius 2 is 2.03 bits per heavy atom. The molecule has 180 valence electrons. The number of aromatic nitrogens is 2. The highest BCUT2D eigenvalue weighted by Gasteiger charge is 2.25. The number of carbonyl (C=O) groups excluding carboxylic acids is 1. The number of piperidine rings is 1. The maximum absolute atomic E-state index is 14.8. The van der Waals surface area contributed by atoms with Gasteiger partial charge in [0.15, 0.2) is 5.78 Å². The van der Waals surface area contributed by atoms with Crippen molar-refractivity contribution in [1.29, 1.82) is 0 Å². The van der Waals surface area contributed by atoms with E-state index in [0.29, 0.717) is 22.6 Å². The predicted molar refractivity (Wildman–Crippen MR) is 136 cm³/mol. The van der Waals surface area contributed by atoms with Gasteiger partial charge in [0, 0.05) is 60.1 Å². The van der Waals surface area contributed by atoms with Crippen LogP contribution in [0.2, 0.25) is 0 Å². The van der Waals surface area contributed by atoms with Crippen molar-refractivity contribution in [3.8, 4) is 11.1 Å². The van der Waals surface area contributed by atoms with Crippen molar-refractivity contribution in [2.75, 3.05) is 18.0 Å². The minimum Gasteiger partial charge on any atom is -0.369 e. The highest BCUT2D eigenvalue weighted by atomic mass is 32.1. The normalized spacial score (nSPS) is 18.3. The molecular weight excluding hydrogens is 466 g/mol. The molecule has 2 N–H and O–H groups in total. The maximum Gasteiger partial charge on any atom is 0.185 e. The van der Waals surface area contributed by atoms with Crippen LogP contribution < -0.4 is 10.6 Å². The molecule has 0 radical (unpaired) electrons. The van der Waals surface area contributed by atoms with E-state index in [4.69, 9.17) is 5.73 Å². The molecule has 0 saturated carbocycles. The van der Waals surface area contributed by atoms with E-state index in [-0.39, 0.29) is 29.5 Å². The molecule has 0 spiro atoms. The molecule has 1 aromatic carbocycles. The zero-order valence-electron chi connectivity index (χ0n) is 19.6. The quantitative estimate of drug-likeness (QED) is 0.370. The second kappa shape index (κ2) is 9.43. The van der Waals surface area contributed by atoms with Crippen molar-refractivity contribution < 1.29 is 13.6 Å². The molecule has 2 atom stereocenters. The number of nitrogens with two attached hydrogens (primary N) is 1. The number of rotatable bonds is 5. The van der Waals surface area contributed by atoms with Crippen molar-refractivity contribution in [2.45, 2.75) is 32.7 Å². The molecule has 0 aliphatic carbocycles. The highest BCUT2D eigenvalue weighted by Crippen LogP contribution is 2.37. The number of pyridine rings is 2. The summed E-state index contributed by atoms with van der Waals surface area (Å²) >= 11 is 1.34. The molecule has 1 aliphatic rings. The number of aryl methyl sites for hydroxylation is 1. The Hall–Kier alpha value is -3.23. The van der Waals surface area contributed by atoms with Crippen LogP contribution in [0.5, 0.6) is 0 Å². The Balaban J connectivity index is 1.48. The molecule has 35 heavy (non-hydrogen) atoms. The Bertz CT molecular complexity index is 1410. The Morgan fingerprint density at radius 3 is 2.83 bits per heavy atom. The molecule has 1 fully saturated rings. The van der Waals surface area contributed by atoms with Gasteiger partial charge < -0.3 is 10.6 Å². The number of anilines is 1. The molecule has 4 heterocycles. The first-order chi connectivity index (χ1) is 16.8. The van der Waals surface area contributed by atoms with Crippen molar-refractivity contribution in [2.24, 2.45) is 11.7 Å². The van der Waals surface area contributed by atoms with Gasteiger partial charge in [-0.25, -0.2) is 13.8 Å². The molecule has 1 aliphatic heterocycles. The monoisotopic (exact) mass is 492 g/mol.